The number of carbonyl (C=O) groups excluding carboxylic acids is 3. The van der Waals surface area contributed by atoms with Crippen LogP contribution in [0.25, 0.3) is 16.5 Å². The van der Waals surface area contributed by atoms with Gasteiger partial charge in [-0.15, -0.1) is 0 Å². The summed E-state index contributed by atoms with van der Waals surface area (Å²) in [4.78, 5) is 44.0. The third-order valence-corrected chi connectivity index (χ3v) is 5.83. The van der Waals surface area contributed by atoms with Gasteiger partial charge in [0, 0.05) is 36.9 Å². The second-order valence-electron chi connectivity index (χ2n) is 10.2. The van der Waals surface area contributed by atoms with Crippen molar-refractivity contribution in [3.05, 3.63) is 42.1 Å². The molecule has 1 saturated heterocycles. The van der Waals surface area contributed by atoms with Gasteiger partial charge in [-0.05, 0) is 50.1 Å². The van der Waals surface area contributed by atoms with Crippen LogP contribution in [0.15, 0.2) is 36.5 Å². The molecule has 8 nitrogen and oxygen atoms in total. The van der Waals surface area contributed by atoms with Crippen molar-refractivity contribution >= 4 is 40.2 Å². The fourth-order valence-electron chi connectivity index (χ4n) is 4.32. The smallest absolute Gasteiger partial charge is 0.410 e. The highest BCUT2D eigenvalue weighted by Crippen LogP contribution is 2.39. The van der Waals surface area contributed by atoms with Crippen molar-refractivity contribution in [1.29, 1.82) is 0 Å². The van der Waals surface area contributed by atoms with E-state index in [9.17, 15) is 14.4 Å². The number of nitrogens with zero attached hydrogens (tertiary/aromatic N) is 3. The Morgan fingerprint density at radius 1 is 1.18 bits per heavy atom. The van der Waals surface area contributed by atoms with E-state index in [1.807, 2.05) is 39.0 Å². The van der Waals surface area contributed by atoms with E-state index in [4.69, 9.17) is 4.74 Å². The highest BCUT2D eigenvalue weighted by molar-refractivity contribution is 6.06. The molecule has 0 radical (unpaired) electrons. The van der Waals surface area contributed by atoms with E-state index in [0.717, 1.165) is 22.0 Å². The summed E-state index contributed by atoms with van der Waals surface area (Å²) in [5, 5.41) is 3.25. The van der Waals surface area contributed by atoms with Gasteiger partial charge in [-0.25, -0.2) is 9.59 Å². The molecule has 8 heteroatoms. The second-order valence-corrected chi connectivity index (χ2v) is 10.2. The van der Waals surface area contributed by atoms with Crippen LogP contribution in [-0.2, 0) is 9.53 Å². The minimum Gasteiger partial charge on any atom is -0.444 e. The number of imide groups is 1. The quantitative estimate of drug-likeness (QED) is 0.735. The summed E-state index contributed by atoms with van der Waals surface area (Å²) in [7, 11) is 0. The summed E-state index contributed by atoms with van der Waals surface area (Å²) in [5.74, 6) is -0.265. The first kappa shape index (κ1) is 22.8. The zero-order chi connectivity index (χ0) is 24.0. The Morgan fingerprint density at radius 3 is 2.61 bits per heavy atom. The first-order chi connectivity index (χ1) is 15.4. The SMILES string of the molecule is CC(C)(C)OC(=O)N1CC=C(c2ccc3ncc(N4CCC(=O)NC4=O)cc3c2)C(C)(C)C1. The van der Waals surface area contributed by atoms with Crippen LogP contribution in [0, 0.1) is 5.41 Å². The maximum absolute atomic E-state index is 12.6. The number of aromatic nitrogens is 1. The van der Waals surface area contributed by atoms with E-state index < -0.39 is 11.6 Å². The average Bonchev–Trinajstić information content (AvgIpc) is 2.71. The Kier molecular flexibility index (Phi) is 5.64. The summed E-state index contributed by atoms with van der Waals surface area (Å²) in [5.41, 5.74) is 2.86. The number of rotatable bonds is 2. The lowest BCUT2D eigenvalue weighted by Crippen LogP contribution is -2.49. The molecule has 1 N–H and O–H groups in total. The normalized spacial score (nSPS) is 18.8. The van der Waals surface area contributed by atoms with Crippen molar-refractivity contribution in [2.75, 3.05) is 24.5 Å². The molecule has 1 aromatic heterocycles. The zero-order valence-electron chi connectivity index (χ0n) is 19.8. The molecule has 4 amide bonds. The van der Waals surface area contributed by atoms with E-state index in [0.29, 0.717) is 25.3 Å². The number of ether oxygens (including phenoxy) is 1. The van der Waals surface area contributed by atoms with Gasteiger partial charge in [0.2, 0.25) is 5.91 Å². The number of hydrogen-bond acceptors (Lipinski definition) is 5. The number of anilines is 1. The molecule has 0 aliphatic carbocycles. The van der Waals surface area contributed by atoms with Crippen LogP contribution in [0.4, 0.5) is 15.3 Å². The molecular weight excluding hydrogens is 420 g/mol. The topological polar surface area (TPSA) is 91.8 Å². The van der Waals surface area contributed by atoms with Gasteiger partial charge in [0.15, 0.2) is 0 Å². The van der Waals surface area contributed by atoms with E-state index in [2.05, 4.69) is 36.3 Å². The number of benzene rings is 1. The maximum atomic E-state index is 12.6. The molecule has 2 aliphatic heterocycles. The summed E-state index contributed by atoms with van der Waals surface area (Å²) < 4.78 is 5.55. The van der Waals surface area contributed by atoms with Gasteiger partial charge in [-0.3, -0.25) is 20.0 Å². The third-order valence-electron chi connectivity index (χ3n) is 5.83. The van der Waals surface area contributed by atoms with Crippen molar-refractivity contribution in [3.63, 3.8) is 0 Å². The second kappa shape index (κ2) is 8.17. The molecule has 0 atom stereocenters. The Labute approximate surface area is 193 Å². The summed E-state index contributed by atoms with van der Waals surface area (Å²) in [6, 6.07) is 7.56. The molecule has 4 rings (SSSR count). The maximum Gasteiger partial charge on any atom is 0.410 e. The van der Waals surface area contributed by atoms with E-state index in [-0.39, 0.29) is 23.8 Å². The van der Waals surface area contributed by atoms with Gasteiger partial charge in [-0.1, -0.05) is 26.0 Å². The number of urea groups is 1. The van der Waals surface area contributed by atoms with Gasteiger partial charge in [0.25, 0.3) is 0 Å². The average molecular weight is 451 g/mol. The number of nitrogens with one attached hydrogen (secondary N) is 1. The van der Waals surface area contributed by atoms with E-state index in [1.54, 1.807) is 11.1 Å². The summed E-state index contributed by atoms with van der Waals surface area (Å²) in [6.45, 7) is 11.2. The van der Waals surface area contributed by atoms with Crippen LogP contribution < -0.4 is 10.2 Å². The number of hydrogen-bond donors (Lipinski definition) is 1. The third kappa shape index (κ3) is 4.84. The highest BCUT2D eigenvalue weighted by atomic mass is 16.6. The van der Waals surface area contributed by atoms with Crippen molar-refractivity contribution < 1.29 is 19.1 Å². The molecule has 0 spiro atoms. The predicted molar refractivity (Wildman–Crippen MR) is 127 cm³/mol. The van der Waals surface area contributed by atoms with Crippen LogP contribution in [0.3, 0.4) is 0 Å². The van der Waals surface area contributed by atoms with Crippen molar-refractivity contribution in [1.82, 2.24) is 15.2 Å². The molecule has 174 valence electrons. The molecule has 1 aromatic carbocycles. The molecular formula is C25H30N4O4. The molecule has 1 fully saturated rings. The van der Waals surface area contributed by atoms with Crippen LogP contribution in [0.2, 0.25) is 0 Å². The Balaban J connectivity index is 1.62. The number of pyridine rings is 1. The van der Waals surface area contributed by atoms with Gasteiger partial charge in [0.05, 0.1) is 17.4 Å². The lowest BCUT2D eigenvalue weighted by atomic mass is 9.77. The Hall–Kier alpha value is -3.42. The molecule has 2 aromatic rings. The zero-order valence-corrected chi connectivity index (χ0v) is 19.8. The van der Waals surface area contributed by atoms with Gasteiger partial charge in [0.1, 0.15) is 5.60 Å². The molecule has 3 heterocycles. The van der Waals surface area contributed by atoms with Crippen LogP contribution >= 0.6 is 0 Å². The number of carbonyl (C=O) groups is 3. The first-order valence-electron chi connectivity index (χ1n) is 11.1. The molecule has 0 bridgehead atoms. The number of amides is 4. The minimum absolute atomic E-state index is 0.263. The Morgan fingerprint density at radius 2 is 1.94 bits per heavy atom. The fraction of sp³-hybridized carbons (Fsp3) is 0.440. The standard InChI is InChI=1S/C25H30N4O4/c1-24(2,3)33-23(32)28-10-8-19(25(4,5)15-28)16-6-7-20-17(12-16)13-18(14-26-20)29-11-9-21(30)27-22(29)31/h6-8,12-14H,9-11,15H2,1-5H3,(H,27,30,31). The number of fused-ring (bicyclic) bond motifs is 1. The first-order valence-corrected chi connectivity index (χ1v) is 11.1. The van der Waals surface area contributed by atoms with Crippen LogP contribution in [0.1, 0.15) is 46.6 Å². The lowest BCUT2D eigenvalue weighted by molar-refractivity contribution is -0.120. The largest absolute Gasteiger partial charge is 0.444 e. The lowest BCUT2D eigenvalue weighted by Gasteiger charge is -2.39. The molecule has 0 unspecified atom stereocenters. The predicted octanol–water partition coefficient (Wildman–Crippen LogP) is 4.34. The van der Waals surface area contributed by atoms with Crippen molar-refractivity contribution in [2.24, 2.45) is 5.41 Å². The van der Waals surface area contributed by atoms with Crippen LogP contribution in [0.5, 0.6) is 0 Å². The molecule has 0 saturated carbocycles. The van der Waals surface area contributed by atoms with Crippen molar-refractivity contribution in [3.8, 4) is 0 Å². The Bertz CT molecular complexity index is 1160. The summed E-state index contributed by atoms with van der Waals surface area (Å²) in [6.07, 6.45) is 3.69. The highest BCUT2D eigenvalue weighted by Gasteiger charge is 2.34. The minimum atomic E-state index is -0.535. The molecule has 33 heavy (non-hydrogen) atoms. The van der Waals surface area contributed by atoms with Gasteiger partial charge < -0.3 is 9.64 Å². The molecule has 2 aliphatic rings. The van der Waals surface area contributed by atoms with Gasteiger partial charge in [-0.2, -0.15) is 0 Å². The summed E-state index contributed by atoms with van der Waals surface area (Å²) >= 11 is 0. The van der Waals surface area contributed by atoms with E-state index in [1.165, 1.54) is 4.90 Å². The van der Waals surface area contributed by atoms with Crippen LogP contribution in [-0.4, -0.2) is 53.2 Å². The van der Waals surface area contributed by atoms with E-state index >= 15 is 0 Å². The fourth-order valence-corrected chi connectivity index (χ4v) is 4.32. The van der Waals surface area contributed by atoms with Gasteiger partial charge >= 0.3 is 12.1 Å². The monoisotopic (exact) mass is 450 g/mol. The van der Waals surface area contributed by atoms with Crippen molar-refractivity contribution in [2.45, 2.75) is 46.6 Å².